The van der Waals surface area contributed by atoms with Crippen molar-refractivity contribution in [2.45, 2.75) is 33.6 Å². The Morgan fingerprint density at radius 3 is 1.25 bits per heavy atom. The SMILES string of the molecule is Cc1ccc(N(c2ccccc2)c2cccc(C3C=C(c4cccc(N(c5ccccc5)c5ccccc5C)c4)C4=C5C3=CC=C3C(c6cccc(N(c7ccccc7)c7cccc(C)c7)c6)=CC(c6cccc(N(c7ccccc7)c7cccc(C)c7)c6)=C(C=C4)C35)c2)cc1. The lowest BCUT2D eigenvalue weighted by Crippen LogP contribution is -2.27. The standard InChI is InChI=1S/C92H72N4/c1-63-47-49-75(50-48-63)93(71-32-9-5-10-33-71)78-42-21-28-67(57-78)86-62-89(70-31-24-45-81(60-70)96(74-38-15-8-16-39-74)90-46-18-17-27-66(90)4)85-54-53-84-88(69-30-23-44-80(59-69)95(73-36-13-7-14-37-73)77-41-20-26-65(3)56-77)61-87(83-52-51-82(86)92(85)91(83)84)68-29-22-43-79(58-68)94(72-34-11-6-12-35-72)76-40-19-25-64(2)55-76/h5-62,86,91H,1-4H3. The number of anilines is 12. The van der Waals surface area contributed by atoms with Crippen LogP contribution >= 0.6 is 0 Å². The van der Waals surface area contributed by atoms with Crippen molar-refractivity contribution in [3.05, 3.63) is 424 Å². The Kier molecular flexibility index (Phi) is 15.7. The molecule has 0 spiro atoms. The van der Waals surface area contributed by atoms with Gasteiger partial charge in [0, 0.05) is 80.1 Å². The van der Waals surface area contributed by atoms with E-state index in [1.54, 1.807) is 0 Å². The fourth-order valence-electron chi connectivity index (χ4n) is 14.8. The summed E-state index contributed by atoms with van der Waals surface area (Å²) in [5.41, 5.74) is 32.8. The van der Waals surface area contributed by atoms with Gasteiger partial charge in [-0.25, -0.2) is 0 Å². The van der Waals surface area contributed by atoms with Gasteiger partial charge in [-0.3, -0.25) is 0 Å². The minimum absolute atomic E-state index is 0.128. The van der Waals surface area contributed by atoms with E-state index in [4.69, 9.17) is 0 Å². The number of nitrogens with zero attached hydrogens (tertiary/aromatic N) is 4. The molecule has 0 aliphatic heterocycles. The maximum absolute atomic E-state index is 2.57. The largest absolute Gasteiger partial charge is 0.310 e. The predicted molar refractivity (Wildman–Crippen MR) is 405 cm³/mol. The van der Waals surface area contributed by atoms with E-state index < -0.39 is 0 Å². The van der Waals surface area contributed by atoms with E-state index in [1.807, 2.05) is 0 Å². The first-order valence-electron chi connectivity index (χ1n) is 33.4. The molecular formula is C92H72N4. The van der Waals surface area contributed by atoms with E-state index in [-0.39, 0.29) is 11.8 Å². The van der Waals surface area contributed by atoms with Crippen molar-refractivity contribution >= 4 is 85.0 Å². The van der Waals surface area contributed by atoms with Gasteiger partial charge >= 0.3 is 0 Å². The van der Waals surface area contributed by atoms with E-state index in [0.717, 1.165) is 84.9 Å². The van der Waals surface area contributed by atoms with Crippen LogP contribution in [0.5, 0.6) is 0 Å². The van der Waals surface area contributed by atoms with Crippen molar-refractivity contribution in [2.24, 2.45) is 5.92 Å². The van der Waals surface area contributed by atoms with Gasteiger partial charge in [-0.2, -0.15) is 0 Å². The van der Waals surface area contributed by atoms with Crippen LogP contribution in [0.25, 0.3) is 16.7 Å². The molecule has 2 atom stereocenters. The highest BCUT2D eigenvalue weighted by atomic mass is 15.2. The zero-order valence-electron chi connectivity index (χ0n) is 54.4. The second kappa shape index (κ2) is 25.5. The lowest BCUT2D eigenvalue weighted by atomic mass is 9.61. The molecule has 0 radical (unpaired) electrons. The zero-order valence-corrected chi connectivity index (χ0v) is 54.4. The molecule has 2 unspecified atom stereocenters. The maximum Gasteiger partial charge on any atom is 0.0490 e. The molecule has 12 aromatic carbocycles. The van der Waals surface area contributed by atoms with Crippen molar-refractivity contribution in [3.63, 3.8) is 0 Å². The van der Waals surface area contributed by atoms with Crippen LogP contribution in [0, 0.1) is 33.6 Å². The van der Waals surface area contributed by atoms with Gasteiger partial charge < -0.3 is 19.6 Å². The molecule has 4 aliphatic carbocycles. The Morgan fingerprint density at radius 2 is 0.698 bits per heavy atom. The van der Waals surface area contributed by atoms with Gasteiger partial charge in [0.25, 0.3) is 0 Å². The second-order valence-electron chi connectivity index (χ2n) is 25.6. The highest BCUT2D eigenvalue weighted by Gasteiger charge is 2.42. The van der Waals surface area contributed by atoms with Crippen LogP contribution in [0.3, 0.4) is 0 Å². The summed E-state index contributed by atoms with van der Waals surface area (Å²) >= 11 is 0. The van der Waals surface area contributed by atoms with Gasteiger partial charge in [0.15, 0.2) is 0 Å². The highest BCUT2D eigenvalue weighted by molar-refractivity contribution is 6.02. The summed E-state index contributed by atoms with van der Waals surface area (Å²) in [6.07, 6.45) is 14.9. The topological polar surface area (TPSA) is 13.0 Å². The molecule has 4 heteroatoms. The van der Waals surface area contributed by atoms with E-state index in [2.05, 4.69) is 399 Å². The van der Waals surface area contributed by atoms with Crippen LogP contribution in [-0.4, -0.2) is 0 Å². The Hall–Kier alpha value is -12.0. The minimum Gasteiger partial charge on any atom is -0.310 e. The maximum atomic E-state index is 2.57. The molecule has 96 heavy (non-hydrogen) atoms. The molecule has 16 rings (SSSR count). The van der Waals surface area contributed by atoms with Crippen molar-refractivity contribution in [1.82, 2.24) is 0 Å². The summed E-state index contributed by atoms with van der Waals surface area (Å²) in [4.78, 5) is 9.60. The summed E-state index contributed by atoms with van der Waals surface area (Å²) in [6.45, 7) is 8.72. The predicted octanol–water partition coefficient (Wildman–Crippen LogP) is 24.9. The van der Waals surface area contributed by atoms with E-state index >= 15 is 0 Å². The minimum atomic E-state index is -0.130. The molecular weight excluding hydrogens is 1160 g/mol. The Balaban J connectivity index is 0.925. The molecule has 0 saturated carbocycles. The van der Waals surface area contributed by atoms with Crippen LogP contribution in [0.4, 0.5) is 68.2 Å². The Bertz CT molecular complexity index is 5160. The second-order valence-corrected chi connectivity index (χ2v) is 25.6. The monoisotopic (exact) mass is 1230 g/mol. The number of rotatable bonds is 16. The highest BCUT2D eigenvalue weighted by Crippen LogP contribution is 2.59. The van der Waals surface area contributed by atoms with Crippen LogP contribution < -0.4 is 19.6 Å². The summed E-state index contributed by atoms with van der Waals surface area (Å²) in [6, 6.07) is 116. The fraction of sp³-hybridized carbons (Fsp3) is 0.0652. The van der Waals surface area contributed by atoms with Gasteiger partial charge in [0.05, 0.1) is 0 Å². The molecule has 0 bridgehead atoms. The van der Waals surface area contributed by atoms with Gasteiger partial charge in [0.2, 0.25) is 0 Å². The van der Waals surface area contributed by atoms with Crippen molar-refractivity contribution < 1.29 is 0 Å². The first-order chi connectivity index (χ1) is 47.3. The molecule has 0 fully saturated rings. The average Bonchev–Trinajstić information content (AvgIpc) is 0.707. The molecule has 460 valence electrons. The third-order valence-corrected chi connectivity index (χ3v) is 19.2. The van der Waals surface area contributed by atoms with Crippen LogP contribution in [0.2, 0.25) is 0 Å². The number of para-hydroxylation sites is 5. The first kappa shape index (κ1) is 59.1. The quantitative estimate of drug-likeness (QED) is 0.0956. The van der Waals surface area contributed by atoms with E-state index in [1.165, 1.54) is 72.4 Å². The van der Waals surface area contributed by atoms with Crippen molar-refractivity contribution in [2.75, 3.05) is 19.6 Å². The smallest absolute Gasteiger partial charge is 0.0490 e. The van der Waals surface area contributed by atoms with Gasteiger partial charge in [0.1, 0.15) is 0 Å². The molecule has 12 aromatic rings. The number of aryl methyl sites for hydroxylation is 4. The Labute approximate surface area is 565 Å². The van der Waals surface area contributed by atoms with Gasteiger partial charge in [-0.1, -0.05) is 212 Å². The first-order valence-corrected chi connectivity index (χ1v) is 33.4. The molecule has 0 heterocycles. The molecule has 4 aliphatic rings. The number of benzene rings is 12. The van der Waals surface area contributed by atoms with Gasteiger partial charge in [-0.05, 0) is 257 Å². The third kappa shape index (κ3) is 11.2. The van der Waals surface area contributed by atoms with Gasteiger partial charge in [-0.15, -0.1) is 0 Å². The zero-order chi connectivity index (χ0) is 64.6. The number of hydrogen-bond acceptors (Lipinski definition) is 4. The van der Waals surface area contributed by atoms with Crippen molar-refractivity contribution in [1.29, 1.82) is 0 Å². The van der Waals surface area contributed by atoms with Crippen LogP contribution in [0.15, 0.2) is 380 Å². The van der Waals surface area contributed by atoms with Crippen LogP contribution in [-0.2, 0) is 0 Å². The molecule has 0 N–H and O–H groups in total. The number of hydrogen-bond donors (Lipinski definition) is 0. The van der Waals surface area contributed by atoms with E-state index in [0.29, 0.717) is 0 Å². The lowest BCUT2D eigenvalue weighted by Gasteiger charge is -2.43. The third-order valence-electron chi connectivity index (χ3n) is 19.2. The molecule has 0 saturated heterocycles. The summed E-state index contributed by atoms with van der Waals surface area (Å²) in [5.74, 6) is -0.257. The average molecular weight is 1230 g/mol. The summed E-state index contributed by atoms with van der Waals surface area (Å²) < 4.78 is 0. The molecule has 0 amide bonds. The summed E-state index contributed by atoms with van der Waals surface area (Å²) in [5, 5.41) is 0. The molecule has 4 nitrogen and oxygen atoms in total. The fourth-order valence-corrected chi connectivity index (χ4v) is 14.8. The van der Waals surface area contributed by atoms with E-state index in [9.17, 15) is 0 Å². The lowest BCUT2D eigenvalue weighted by molar-refractivity contribution is 0.813. The van der Waals surface area contributed by atoms with Crippen molar-refractivity contribution in [3.8, 4) is 0 Å². The van der Waals surface area contributed by atoms with Crippen LogP contribution in [0.1, 0.15) is 50.4 Å². The summed E-state index contributed by atoms with van der Waals surface area (Å²) in [7, 11) is 0. The molecule has 0 aromatic heterocycles. The Morgan fingerprint density at radius 1 is 0.281 bits per heavy atom. The number of allylic oxidation sites excluding steroid dienone is 14. The normalized spacial score (nSPS) is 15.2.